The quantitative estimate of drug-likeness (QED) is 0.149. The second-order valence-corrected chi connectivity index (χ2v) is 11.4. The van der Waals surface area contributed by atoms with E-state index in [0.29, 0.717) is 34.4 Å². The van der Waals surface area contributed by atoms with Crippen molar-refractivity contribution < 1.29 is 31.3 Å². The molecule has 0 amide bonds. The van der Waals surface area contributed by atoms with Crippen molar-refractivity contribution in [3.63, 3.8) is 0 Å². The molecule has 240 valence electrons. The summed E-state index contributed by atoms with van der Waals surface area (Å²) in [5, 5.41) is 22.3. The number of aromatic hydroxyl groups is 2. The van der Waals surface area contributed by atoms with E-state index in [1.807, 2.05) is 84.9 Å². The van der Waals surface area contributed by atoms with E-state index in [1.165, 1.54) is 0 Å². The fourth-order valence-electron chi connectivity index (χ4n) is 5.47. The van der Waals surface area contributed by atoms with Crippen molar-refractivity contribution in [3.8, 4) is 68.7 Å². The van der Waals surface area contributed by atoms with Crippen molar-refractivity contribution in [2.75, 3.05) is 0 Å². The SMILES string of the molecule is CCC(C)c1cccc(O)c1-c1nc(-c2ccccc2)nc(-c2nc(-c3ccccc3)nc(-c3c(O)cccc3C(C)CC)n2)n1.[Pt]. The number of benzene rings is 4. The molecule has 0 aliphatic heterocycles. The van der Waals surface area contributed by atoms with E-state index in [0.717, 1.165) is 35.1 Å². The second kappa shape index (κ2) is 14.7. The Morgan fingerprint density at radius 2 is 0.787 bits per heavy atom. The summed E-state index contributed by atoms with van der Waals surface area (Å²) >= 11 is 0. The van der Waals surface area contributed by atoms with Gasteiger partial charge in [0.2, 0.25) is 11.6 Å². The Balaban J connectivity index is 0.00000433. The van der Waals surface area contributed by atoms with E-state index in [2.05, 4.69) is 27.7 Å². The average molecular weight is 804 g/mol. The first-order valence-electron chi connectivity index (χ1n) is 15.7. The maximum absolute atomic E-state index is 11.2. The van der Waals surface area contributed by atoms with Crippen molar-refractivity contribution in [2.45, 2.75) is 52.4 Å². The van der Waals surface area contributed by atoms with Crippen molar-refractivity contribution in [2.24, 2.45) is 0 Å². The van der Waals surface area contributed by atoms with Crippen LogP contribution >= 0.6 is 0 Å². The maximum Gasteiger partial charge on any atom is 0.202 e. The molecule has 0 fully saturated rings. The Hall–Kier alpha value is -4.81. The topological polar surface area (TPSA) is 118 Å². The molecule has 0 bridgehead atoms. The normalized spacial score (nSPS) is 12.3. The summed E-state index contributed by atoms with van der Waals surface area (Å²) in [7, 11) is 0. The largest absolute Gasteiger partial charge is 0.507 e. The van der Waals surface area contributed by atoms with Gasteiger partial charge in [-0.05, 0) is 47.9 Å². The molecule has 47 heavy (non-hydrogen) atoms. The number of phenols is 2. The molecular weight excluding hydrogens is 768 g/mol. The molecule has 6 rings (SSSR count). The monoisotopic (exact) mass is 803 g/mol. The first kappa shape index (κ1) is 33.5. The fraction of sp³-hybridized carbons (Fsp3) is 0.211. The minimum Gasteiger partial charge on any atom is -0.507 e. The van der Waals surface area contributed by atoms with Crippen LogP contribution in [0.2, 0.25) is 0 Å². The Morgan fingerprint density at radius 3 is 1.15 bits per heavy atom. The van der Waals surface area contributed by atoms with Crippen molar-refractivity contribution in [3.05, 3.63) is 108 Å². The molecule has 6 aromatic rings. The summed E-state index contributed by atoms with van der Waals surface area (Å²) in [5.74, 6) is 2.41. The van der Waals surface area contributed by atoms with Crippen LogP contribution in [0.15, 0.2) is 97.1 Å². The number of phenolic OH excluding ortho intramolecular Hbond substituents is 2. The molecule has 9 heteroatoms. The molecule has 0 spiro atoms. The molecule has 0 aliphatic rings. The summed E-state index contributed by atoms with van der Waals surface area (Å²) < 4.78 is 0. The molecule has 2 N–H and O–H groups in total. The predicted octanol–water partition coefficient (Wildman–Crippen LogP) is 8.83. The molecule has 2 heterocycles. The summed E-state index contributed by atoms with van der Waals surface area (Å²) in [4.78, 5) is 29.3. The summed E-state index contributed by atoms with van der Waals surface area (Å²) in [5.41, 5.74) is 4.54. The smallest absolute Gasteiger partial charge is 0.202 e. The number of hydrogen-bond donors (Lipinski definition) is 2. The van der Waals surface area contributed by atoms with E-state index in [9.17, 15) is 10.2 Å². The Labute approximate surface area is 289 Å². The zero-order valence-corrected chi connectivity index (χ0v) is 29.0. The zero-order chi connectivity index (χ0) is 32.2. The van der Waals surface area contributed by atoms with Crippen molar-refractivity contribution in [1.29, 1.82) is 0 Å². The number of aromatic nitrogens is 6. The molecule has 0 saturated heterocycles. The average Bonchev–Trinajstić information content (AvgIpc) is 3.11. The minimum absolute atomic E-state index is 0. The van der Waals surface area contributed by atoms with Crippen LogP contribution in [-0.4, -0.2) is 40.1 Å². The summed E-state index contributed by atoms with van der Waals surface area (Å²) in [6.07, 6.45) is 1.74. The van der Waals surface area contributed by atoms with Gasteiger partial charge in [-0.3, -0.25) is 0 Å². The van der Waals surface area contributed by atoms with E-state index >= 15 is 0 Å². The van der Waals surface area contributed by atoms with Gasteiger partial charge in [0.25, 0.3) is 0 Å². The Bertz CT molecular complexity index is 1840. The van der Waals surface area contributed by atoms with Crippen LogP contribution in [-0.2, 0) is 21.1 Å². The fourth-order valence-corrected chi connectivity index (χ4v) is 5.47. The third-order valence-corrected chi connectivity index (χ3v) is 8.42. The van der Waals surface area contributed by atoms with Gasteiger partial charge in [0.1, 0.15) is 11.5 Å². The molecule has 8 nitrogen and oxygen atoms in total. The maximum atomic E-state index is 11.2. The first-order valence-corrected chi connectivity index (χ1v) is 15.7. The van der Waals surface area contributed by atoms with Crippen LogP contribution in [0.5, 0.6) is 11.5 Å². The van der Waals surface area contributed by atoms with Gasteiger partial charge in [-0.1, -0.05) is 113 Å². The van der Waals surface area contributed by atoms with E-state index < -0.39 is 0 Å². The van der Waals surface area contributed by atoms with Gasteiger partial charge in [0, 0.05) is 32.2 Å². The van der Waals surface area contributed by atoms with Crippen LogP contribution in [0.1, 0.15) is 63.5 Å². The molecule has 0 saturated carbocycles. The first-order chi connectivity index (χ1) is 22.4. The number of hydrogen-bond acceptors (Lipinski definition) is 8. The molecule has 2 unspecified atom stereocenters. The van der Waals surface area contributed by atoms with Gasteiger partial charge in [0.15, 0.2) is 23.3 Å². The third kappa shape index (κ3) is 6.98. The zero-order valence-electron chi connectivity index (χ0n) is 26.7. The van der Waals surface area contributed by atoms with E-state index in [4.69, 9.17) is 29.9 Å². The van der Waals surface area contributed by atoms with E-state index in [-0.39, 0.29) is 56.0 Å². The van der Waals surface area contributed by atoms with Crippen molar-refractivity contribution >= 4 is 0 Å². The van der Waals surface area contributed by atoms with Gasteiger partial charge >= 0.3 is 0 Å². The number of nitrogens with zero attached hydrogens (tertiary/aromatic N) is 6. The Kier molecular flexibility index (Phi) is 10.5. The van der Waals surface area contributed by atoms with Crippen LogP contribution in [0.3, 0.4) is 0 Å². The molecule has 0 radical (unpaired) electrons. The molecule has 2 aromatic heterocycles. The number of rotatable bonds is 9. The van der Waals surface area contributed by atoms with Gasteiger partial charge in [0.05, 0.1) is 11.1 Å². The minimum atomic E-state index is 0. The van der Waals surface area contributed by atoms with Gasteiger partial charge in [-0.25, -0.2) is 29.9 Å². The second-order valence-electron chi connectivity index (χ2n) is 11.4. The van der Waals surface area contributed by atoms with Crippen LogP contribution in [0.25, 0.3) is 57.2 Å². The predicted molar refractivity (Wildman–Crippen MR) is 181 cm³/mol. The molecule has 4 aromatic carbocycles. The third-order valence-electron chi connectivity index (χ3n) is 8.42. The molecule has 2 atom stereocenters. The summed E-state index contributed by atoms with van der Waals surface area (Å²) in [6, 6.07) is 30.2. The molecular formula is C38H36N6O2Pt. The Morgan fingerprint density at radius 1 is 0.447 bits per heavy atom. The van der Waals surface area contributed by atoms with Crippen LogP contribution < -0.4 is 0 Å². The van der Waals surface area contributed by atoms with Crippen LogP contribution in [0.4, 0.5) is 0 Å². The van der Waals surface area contributed by atoms with Gasteiger partial charge in [-0.2, -0.15) is 0 Å². The van der Waals surface area contributed by atoms with Gasteiger partial charge < -0.3 is 10.2 Å². The van der Waals surface area contributed by atoms with Gasteiger partial charge in [-0.15, -0.1) is 0 Å². The molecule has 0 aliphatic carbocycles. The summed E-state index contributed by atoms with van der Waals surface area (Å²) in [6.45, 7) is 8.45. The standard InChI is InChI=1S/C38H36N6O2.Pt/c1-5-23(3)27-19-13-21-29(45)31(27)35-39-33(25-15-9-7-10-16-25)41-37(43-35)38-42-34(26-17-11-8-12-18-26)40-36(44-38)32-28(24(4)6-2)20-14-22-30(32)46;/h7-24,45-46H,5-6H2,1-4H3;. The van der Waals surface area contributed by atoms with Crippen molar-refractivity contribution in [1.82, 2.24) is 29.9 Å². The van der Waals surface area contributed by atoms with E-state index in [1.54, 1.807) is 12.1 Å². The van der Waals surface area contributed by atoms with Crippen LogP contribution in [0, 0.1) is 0 Å².